The molecule has 1 fully saturated rings. The molecule has 0 aliphatic heterocycles. The zero-order valence-electron chi connectivity index (χ0n) is 19.1. The number of aryl methyl sites for hydroxylation is 2. The maximum atomic E-state index is 12.6. The Morgan fingerprint density at radius 3 is 2.09 bits per heavy atom. The van der Waals surface area contributed by atoms with E-state index in [1.807, 2.05) is 0 Å². The Morgan fingerprint density at radius 2 is 1.50 bits per heavy atom. The van der Waals surface area contributed by atoms with Crippen LogP contribution in [-0.2, 0) is 9.59 Å². The molecule has 9 nitrogen and oxygen atoms in total. The number of aromatic amines is 1. The molecule has 1 aliphatic carbocycles. The van der Waals surface area contributed by atoms with E-state index >= 15 is 0 Å². The van der Waals surface area contributed by atoms with Gasteiger partial charge in [-0.3, -0.25) is 19.4 Å². The SMILES string of the molecule is Cc1cc(=O)[nH]c(-n2nc(C)cc2NC(=O)C(=O)NC2CCCCCCCCCCC2)n1. The molecular weight excluding hydrogens is 408 g/mol. The summed E-state index contributed by atoms with van der Waals surface area (Å²) in [5, 5.41) is 9.82. The Balaban J connectivity index is 1.64. The van der Waals surface area contributed by atoms with Crippen molar-refractivity contribution in [3.63, 3.8) is 0 Å². The number of anilines is 1. The zero-order valence-corrected chi connectivity index (χ0v) is 19.1. The zero-order chi connectivity index (χ0) is 22.9. The predicted molar refractivity (Wildman–Crippen MR) is 123 cm³/mol. The molecule has 0 radical (unpaired) electrons. The van der Waals surface area contributed by atoms with Gasteiger partial charge in [-0.1, -0.05) is 57.8 Å². The second-order valence-electron chi connectivity index (χ2n) is 8.68. The largest absolute Gasteiger partial charge is 0.345 e. The first kappa shape index (κ1) is 23.7. The monoisotopic (exact) mass is 442 g/mol. The molecule has 2 aromatic rings. The normalized spacial score (nSPS) is 16.6. The quantitative estimate of drug-likeness (QED) is 0.630. The summed E-state index contributed by atoms with van der Waals surface area (Å²) in [6.07, 6.45) is 12.6. The Labute approximate surface area is 188 Å². The van der Waals surface area contributed by atoms with Gasteiger partial charge in [0.1, 0.15) is 5.82 Å². The molecule has 0 aromatic carbocycles. The molecule has 0 spiro atoms. The highest BCUT2D eigenvalue weighted by Gasteiger charge is 2.21. The second-order valence-corrected chi connectivity index (χ2v) is 8.68. The van der Waals surface area contributed by atoms with Gasteiger partial charge >= 0.3 is 11.8 Å². The van der Waals surface area contributed by atoms with E-state index in [9.17, 15) is 14.4 Å². The van der Waals surface area contributed by atoms with Crippen molar-refractivity contribution in [1.82, 2.24) is 25.1 Å². The third-order valence-corrected chi connectivity index (χ3v) is 5.78. The number of hydrogen-bond acceptors (Lipinski definition) is 5. The van der Waals surface area contributed by atoms with Gasteiger partial charge < -0.3 is 10.6 Å². The number of aromatic nitrogens is 4. The Morgan fingerprint density at radius 1 is 0.906 bits per heavy atom. The average Bonchev–Trinajstić information content (AvgIpc) is 3.09. The average molecular weight is 443 g/mol. The van der Waals surface area contributed by atoms with Gasteiger partial charge in [0.05, 0.1) is 5.69 Å². The highest BCUT2D eigenvalue weighted by molar-refractivity contribution is 6.39. The Kier molecular flexibility index (Phi) is 8.58. The molecule has 3 rings (SSSR count). The van der Waals surface area contributed by atoms with Crippen LogP contribution in [0.1, 0.15) is 82.0 Å². The molecule has 174 valence electrons. The lowest BCUT2D eigenvalue weighted by atomic mass is 9.98. The van der Waals surface area contributed by atoms with Crippen molar-refractivity contribution in [2.75, 3.05) is 5.32 Å². The second kappa shape index (κ2) is 11.6. The number of H-pyrrole nitrogens is 1. The maximum absolute atomic E-state index is 12.6. The first-order chi connectivity index (χ1) is 15.4. The van der Waals surface area contributed by atoms with E-state index in [0.717, 1.165) is 25.7 Å². The minimum Gasteiger partial charge on any atom is -0.345 e. The summed E-state index contributed by atoms with van der Waals surface area (Å²) in [4.78, 5) is 43.9. The van der Waals surface area contributed by atoms with E-state index in [-0.39, 0.29) is 23.4 Å². The van der Waals surface area contributed by atoms with Crippen LogP contribution in [0.25, 0.3) is 5.95 Å². The first-order valence-corrected chi connectivity index (χ1v) is 11.7. The van der Waals surface area contributed by atoms with E-state index in [2.05, 4.69) is 25.7 Å². The Bertz CT molecular complexity index is 968. The third-order valence-electron chi connectivity index (χ3n) is 5.78. The van der Waals surface area contributed by atoms with Gasteiger partial charge in [0, 0.05) is 23.9 Å². The van der Waals surface area contributed by atoms with Crippen LogP contribution in [0.4, 0.5) is 5.82 Å². The van der Waals surface area contributed by atoms with Gasteiger partial charge in [-0.2, -0.15) is 9.78 Å². The molecule has 3 N–H and O–H groups in total. The summed E-state index contributed by atoms with van der Waals surface area (Å²) in [7, 11) is 0. The van der Waals surface area contributed by atoms with Crippen molar-refractivity contribution in [1.29, 1.82) is 0 Å². The van der Waals surface area contributed by atoms with E-state index in [4.69, 9.17) is 0 Å². The van der Waals surface area contributed by atoms with Crippen molar-refractivity contribution in [2.24, 2.45) is 0 Å². The number of hydrogen-bond donors (Lipinski definition) is 3. The van der Waals surface area contributed by atoms with Crippen molar-refractivity contribution in [3.8, 4) is 5.95 Å². The van der Waals surface area contributed by atoms with Crippen LogP contribution in [0.5, 0.6) is 0 Å². The van der Waals surface area contributed by atoms with Gasteiger partial charge in [-0.25, -0.2) is 4.98 Å². The number of amides is 2. The maximum Gasteiger partial charge on any atom is 0.314 e. The lowest BCUT2D eigenvalue weighted by molar-refractivity contribution is -0.136. The van der Waals surface area contributed by atoms with Gasteiger partial charge in [0.25, 0.3) is 5.56 Å². The molecule has 2 heterocycles. The summed E-state index contributed by atoms with van der Waals surface area (Å²) >= 11 is 0. The molecule has 1 saturated carbocycles. The highest BCUT2D eigenvalue weighted by atomic mass is 16.2. The molecule has 0 bridgehead atoms. The van der Waals surface area contributed by atoms with Crippen LogP contribution in [0.2, 0.25) is 0 Å². The van der Waals surface area contributed by atoms with Crippen molar-refractivity contribution >= 4 is 17.6 Å². The smallest absolute Gasteiger partial charge is 0.314 e. The van der Waals surface area contributed by atoms with Gasteiger partial charge in [-0.15, -0.1) is 0 Å². The third kappa shape index (κ3) is 7.03. The van der Waals surface area contributed by atoms with Crippen molar-refractivity contribution in [3.05, 3.63) is 33.9 Å². The number of nitrogens with one attached hydrogen (secondary N) is 3. The summed E-state index contributed by atoms with van der Waals surface area (Å²) < 4.78 is 1.32. The highest BCUT2D eigenvalue weighted by Crippen LogP contribution is 2.17. The number of carbonyl (C=O) groups is 2. The van der Waals surface area contributed by atoms with Crippen LogP contribution in [0, 0.1) is 13.8 Å². The molecule has 0 unspecified atom stereocenters. The molecule has 2 aromatic heterocycles. The molecule has 2 amide bonds. The fourth-order valence-electron chi connectivity index (χ4n) is 4.15. The minimum atomic E-state index is -0.757. The van der Waals surface area contributed by atoms with Gasteiger partial charge in [0.15, 0.2) is 0 Å². The van der Waals surface area contributed by atoms with Gasteiger partial charge in [0.2, 0.25) is 5.95 Å². The minimum absolute atomic E-state index is 0.00844. The van der Waals surface area contributed by atoms with E-state index in [0.29, 0.717) is 11.4 Å². The predicted octanol–water partition coefficient (Wildman–Crippen LogP) is 3.30. The number of nitrogens with zero attached hydrogens (tertiary/aromatic N) is 3. The molecule has 32 heavy (non-hydrogen) atoms. The standard InChI is InChI=1S/C23H34N6O3/c1-16-15-20(30)27-23(24-16)29-19(14-17(2)28-29)26-22(32)21(31)25-18-12-10-8-6-4-3-5-7-9-11-13-18/h14-15,18H,3-13H2,1-2H3,(H,25,31)(H,26,32)(H,24,27,30). The fraction of sp³-hybridized carbons (Fsp3) is 0.609. The van der Waals surface area contributed by atoms with Crippen LogP contribution in [0.15, 0.2) is 16.9 Å². The lowest BCUT2D eigenvalue weighted by Gasteiger charge is -2.19. The first-order valence-electron chi connectivity index (χ1n) is 11.7. The van der Waals surface area contributed by atoms with Crippen LogP contribution in [0.3, 0.4) is 0 Å². The summed E-state index contributed by atoms with van der Waals surface area (Å²) in [5.41, 5.74) is 0.816. The van der Waals surface area contributed by atoms with Gasteiger partial charge in [-0.05, 0) is 26.7 Å². The van der Waals surface area contributed by atoms with Crippen LogP contribution in [-0.4, -0.2) is 37.6 Å². The molecule has 1 aliphatic rings. The number of carbonyl (C=O) groups excluding carboxylic acids is 2. The number of rotatable bonds is 3. The summed E-state index contributed by atoms with van der Waals surface area (Å²) in [5.74, 6) is -0.960. The molecule has 0 saturated heterocycles. The lowest BCUT2D eigenvalue weighted by Crippen LogP contribution is -2.42. The molecular formula is C23H34N6O3. The Hall–Kier alpha value is -2.97. The van der Waals surface area contributed by atoms with E-state index in [1.54, 1.807) is 19.9 Å². The molecule has 9 heteroatoms. The topological polar surface area (TPSA) is 122 Å². The van der Waals surface area contributed by atoms with E-state index < -0.39 is 11.8 Å². The summed E-state index contributed by atoms with van der Waals surface area (Å²) in [6.45, 7) is 3.45. The van der Waals surface area contributed by atoms with Crippen LogP contribution < -0.4 is 16.2 Å². The van der Waals surface area contributed by atoms with Crippen molar-refractivity contribution < 1.29 is 9.59 Å². The summed E-state index contributed by atoms with van der Waals surface area (Å²) in [6, 6.07) is 3.01. The van der Waals surface area contributed by atoms with Crippen molar-refractivity contribution in [2.45, 2.75) is 90.5 Å². The van der Waals surface area contributed by atoms with Crippen LogP contribution >= 0.6 is 0 Å². The van der Waals surface area contributed by atoms with E-state index in [1.165, 1.54) is 55.7 Å². The fourth-order valence-corrected chi connectivity index (χ4v) is 4.15. The molecule has 0 atom stereocenters.